The van der Waals surface area contributed by atoms with Crippen molar-refractivity contribution in [3.8, 4) is 0 Å². The lowest BCUT2D eigenvalue weighted by Crippen LogP contribution is -2.16. The number of rotatable bonds is 5. The van der Waals surface area contributed by atoms with Gasteiger partial charge in [-0.1, -0.05) is 13.8 Å². The van der Waals surface area contributed by atoms with Gasteiger partial charge in [0, 0.05) is 11.9 Å². The quantitative estimate of drug-likeness (QED) is 0.774. The third-order valence-corrected chi connectivity index (χ3v) is 5.21. The van der Waals surface area contributed by atoms with E-state index in [2.05, 4.69) is 19.9 Å². The van der Waals surface area contributed by atoms with E-state index < -0.39 is 10.0 Å². The summed E-state index contributed by atoms with van der Waals surface area (Å²) < 4.78 is 27.2. The number of hydrogen-bond acceptors (Lipinski definition) is 6. The van der Waals surface area contributed by atoms with E-state index in [-0.39, 0.29) is 17.4 Å². The molecule has 0 atom stereocenters. The van der Waals surface area contributed by atoms with Gasteiger partial charge in [0.05, 0.1) is 17.1 Å². The van der Waals surface area contributed by atoms with Crippen molar-refractivity contribution in [2.75, 3.05) is 4.72 Å². The zero-order valence-corrected chi connectivity index (χ0v) is 13.1. The number of aromatic amines is 1. The normalized spacial score (nSPS) is 12.1. The molecule has 110 valence electrons. The van der Waals surface area contributed by atoms with Crippen LogP contribution in [0.25, 0.3) is 0 Å². The predicted molar refractivity (Wildman–Crippen MR) is 78.2 cm³/mol. The predicted octanol–water partition coefficient (Wildman–Crippen LogP) is 1.56. The van der Waals surface area contributed by atoms with E-state index in [0.717, 1.165) is 5.69 Å². The van der Waals surface area contributed by atoms with Crippen LogP contribution in [0.5, 0.6) is 0 Å². The van der Waals surface area contributed by atoms with E-state index in [1.807, 2.05) is 19.2 Å². The molecule has 0 aliphatic rings. The van der Waals surface area contributed by atoms with Crippen LogP contribution in [0, 0.1) is 6.92 Å². The van der Waals surface area contributed by atoms with Gasteiger partial charge in [0.1, 0.15) is 4.90 Å². The monoisotopic (exact) mass is 315 g/mol. The number of anilines is 1. The van der Waals surface area contributed by atoms with Crippen LogP contribution < -0.4 is 10.5 Å². The number of aromatic nitrogens is 3. The fraction of sp³-hybridized carbons (Fsp3) is 0.455. The molecule has 4 N–H and O–H groups in total. The molecule has 0 saturated carbocycles. The zero-order valence-electron chi connectivity index (χ0n) is 11.5. The van der Waals surface area contributed by atoms with Crippen molar-refractivity contribution in [1.29, 1.82) is 0 Å². The maximum absolute atomic E-state index is 12.4. The molecular formula is C11H17N5O2S2. The molecule has 2 heterocycles. The van der Waals surface area contributed by atoms with Crippen LogP contribution in [0.4, 0.5) is 5.13 Å². The smallest absolute Gasteiger partial charge is 0.267 e. The van der Waals surface area contributed by atoms with Crippen molar-refractivity contribution in [2.24, 2.45) is 5.73 Å². The van der Waals surface area contributed by atoms with Gasteiger partial charge in [0.2, 0.25) is 0 Å². The highest BCUT2D eigenvalue weighted by Crippen LogP contribution is 2.25. The largest absolute Gasteiger partial charge is 0.325 e. The van der Waals surface area contributed by atoms with Crippen LogP contribution in [-0.2, 0) is 16.6 Å². The van der Waals surface area contributed by atoms with Crippen molar-refractivity contribution < 1.29 is 8.42 Å². The summed E-state index contributed by atoms with van der Waals surface area (Å²) in [5.41, 5.74) is 7.14. The highest BCUT2D eigenvalue weighted by atomic mass is 32.2. The molecule has 0 unspecified atom stereocenters. The van der Waals surface area contributed by atoms with Crippen molar-refractivity contribution in [2.45, 2.75) is 38.1 Å². The van der Waals surface area contributed by atoms with Crippen LogP contribution in [0.15, 0.2) is 10.3 Å². The first kappa shape index (κ1) is 14.9. The maximum atomic E-state index is 12.4. The van der Waals surface area contributed by atoms with E-state index in [1.165, 1.54) is 11.3 Å². The van der Waals surface area contributed by atoms with E-state index >= 15 is 0 Å². The van der Waals surface area contributed by atoms with Crippen LogP contribution in [0.2, 0.25) is 0 Å². The Morgan fingerprint density at radius 2 is 2.20 bits per heavy atom. The number of thiazole rings is 1. The Balaban J connectivity index is 2.33. The summed E-state index contributed by atoms with van der Waals surface area (Å²) in [7, 11) is -3.73. The number of nitrogens with zero attached hydrogens (tertiary/aromatic N) is 2. The van der Waals surface area contributed by atoms with E-state index in [9.17, 15) is 8.42 Å². The molecule has 0 fully saturated rings. The topological polar surface area (TPSA) is 114 Å². The van der Waals surface area contributed by atoms with Crippen molar-refractivity contribution in [3.05, 3.63) is 22.5 Å². The molecular weight excluding hydrogens is 298 g/mol. The molecule has 2 aromatic heterocycles. The second-order valence-electron chi connectivity index (χ2n) is 4.67. The van der Waals surface area contributed by atoms with Crippen LogP contribution in [0.3, 0.4) is 0 Å². The Kier molecular flexibility index (Phi) is 4.11. The number of aryl methyl sites for hydroxylation is 1. The number of H-pyrrole nitrogens is 1. The summed E-state index contributed by atoms with van der Waals surface area (Å²) in [6.07, 6.45) is 0. The van der Waals surface area contributed by atoms with Crippen molar-refractivity contribution in [3.63, 3.8) is 0 Å². The fourth-order valence-corrected chi connectivity index (χ4v) is 4.23. The van der Waals surface area contributed by atoms with Crippen molar-refractivity contribution >= 4 is 26.5 Å². The molecule has 9 heteroatoms. The zero-order chi connectivity index (χ0) is 14.9. The van der Waals surface area contributed by atoms with Crippen LogP contribution >= 0.6 is 11.3 Å². The van der Waals surface area contributed by atoms with Gasteiger partial charge in [-0.25, -0.2) is 13.4 Å². The molecule has 20 heavy (non-hydrogen) atoms. The first-order valence-electron chi connectivity index (χ1n) is 6.07. The summed E-state index contributed by atoms with van der Waals surface area (Å²) in [5.74, 6) is 0.250. The second-order valence-corrected chi connectivity index (χ2v) is 7.14. The standard InChI is InChI=1S/C11H17N5O2S2/c1-6(2)9-5-19-11(13-9)16-20(17,18)10-7(3)14-15-8(10)4-12/h5-6H,4,12H2,1-3H3,(H,13,16)(H,14,15). The number of hydrogen-bond donors (Lipinski definition) is 3. The summed E-state index contributed by atoms with van der Waals surface area (Å²) >= 11 is 1.26. The molecule has 0 amide bonds. The number of nitrogens with two attached hydrogens (primary N) is 1. The van der Waals surface area contributed by atoms with Gasteiger partial charge in [-0.3, -0.25) is 9.82 Å². The Hall–Kier alpha value is -1.45. The summed E-state index contributed by atoms with van der Waals surface area (Å²) in [6.45, 7) is 5.69. The average Bonchev–Trinajstić information content (AvgIpc) is 2.95. The lowest BCUT2D eigenvalue weighted by atomic mass is 10.2. The molecule has 2 rings (SSSR count). The fourth-order valence-electron chi connectivity index (χ4n) is 1.73. The Bertz CT molecular complexity index is 702. The lowest BCUT2D eigenvalue weighted by Gasteiger charge is -2.06. The Labute approximate surface area is 121 Å². The summed E-state index contributed by atoms with van der Waals surface area (Å²) in [5, 5.41) is 8.71. The van der Waals surface area contributed by atoms with E-state index in [4.69, 9.17) is 5.73 Å². The van der Waals surface area contributed by atoms with Gasteiger partial charge >= 0.3 is 0 Å². The molecule has 7 nitrogen and oxygen atoms in total. The summed E-state index contributed by atoms with van der Waals surface area (Å²) in [4.78, 5) is 4.35. The summed E-state index contributed by atoms with van der Waals surface area (Å²) in [6, 6.07) is 0. The van der Waals surface area contributed by atoms with Crippen molar-refractivity contribution in [1.82, 2.24) is 15.2 Å². The van der Waals surface area contributed by atoms with Crippen LogP contribution in [-0.4, -0.2) is 23.6 Å². The Morgan fingerprint density at radius 1 is 1.50 bits per heavy atom. The third kappa shape index (κ3) is 2.84. The first-order valence-corrected chi connectivity index (χ1v) is 8.43. The van der Waals surface area contributed by atoms with Gasteiger partial charge in [0.15, 0.2) is 5.13 Å². The molecule has 0 radical (unpaired) electrons. The van der Waals surface area contributed by atoms with Crippen LogP contribution in [0.1, 0.15) is 36.8 Å². The average molecular weight is 315 g/mol. The highest BCUT2D eigenvalue weighted by molar-refractivity contribution is 7.93. The molecule has 0 aliphatic heterocycles. The molecule has 0 bridgehead atoms. The van der Waals surface area contributed by atoms with Gasteiger partial charge < -0.3 is 5.73 Å². The third-order valence-electron chi connectivity index (χ3n) is 2.76. The van der Waals surface area contributed by atoms with Gasteiger partial charge in [-0.2, -0.15) is 5.10 Å². The minimum absolute atomic E-state index is 0.0513. The molecule has 0 saturated heterocycles. The molecule has 0 spiro atoms. The number of sulfonamides is 1. The number of nitrogens with one attached hydrogen (secondary N) is 2. The maximum Gasteiger partial charge on any atom is 0.267 e. The van der Waals surface area contributed by atoms with Gasteiger partial charge in [-0.15, -0.1) is 11.3 Å². The molecule has 2 aromatic rings. The molecule has 0 aromatic carbocycles. The molecule has 0 aliphatic carbocycles. The first-order chi connectivity index (χ1) is 9.35. The van der Waals surface area contributed by atoms with E-state index in [0.29, 0.717) is 16.5 Å². The lowest BCUT2D eigenvalue weighted by molar-refractivity contribution is 0.599. The minimum Gasteiger partial charge on any atom is -0.325 e. The Morgan fingerprint density at radius 3 is 2.75 bits per heavy atom. The van der Waals surface area contributed by atoms with Gasteiger partial charge in [-0.05, 0) is 12.8 Å². The SMILES string of the molecule is Cc1[nH]nc(CN)c1S(=O)(=O)Nc1nc(C(C)C)cs1. The van der Waals surface area contributed by atoms with Gasteiger partial charge in [0.25, 0.3) is 10.0 Å². The minimum atomic E-state index is -3.73. The second kappa shape index (κ2) is 5.51. The highest BCUT2D eigenvalue weighted by Gasteiger charge is 2.24. The van der Waals surface area contributed by atoms with E-state index in [1.54, 1.807) is 6.92 Å².